The maximum Gasteiger partial charge on any atom is 0.243 e. The summed E-state index contributed by atoms with van der Waals surface area (Å²) in [6, 6.07) is 3.32. The molecule has 0 spiro atoms. The van der Waals surface area contributed by atoms with Crippen molar-refractivity contribution in [2.75, 3.05) is 5.75 Å². The van der Waals surface area contributed by atoms with Gasteiger partial charge >= 0.3 is 0 Å². The SMILES string of the molecule is CC(C)Oc1ncccc1CNC(=O)[C@H]1CS[C@]2(C)CCC(=O)N12. The van der Waals surface area contributed by atoms with E-state index in [-0.39, 0.29) is 28.8 Å². The first-order valence-electron chi connectivity index (χ1n) is 8.25. The number of fused-ring (bicyclic) bond motifs is 1. The van der Waals surface area contributed by atoms with Crippen molar-refractivity contribution in [2.45, 2.75) is 57.2 Å². The Hall–Kier alpha value is -1.76. The fourth-order valence-corrected chi connectivity index (χ4v) is 4.63. The molecule has 0 bridgehead atoms. The summed E-state index contributed by atoms with van der Waals surface area (Å²) in [4.78, 5) is 30.5. The molecule has 0 aliphatic carbocycles. The third-order valence-electron chi connectivity index (χ3n) is 4.40. The lowest BCUT2D eigenvalue weighted by Gasteiger charge is -2.29. The van der Waals surface area contributed by atoms with E-state index in [1.165, 1.54) is 0 Å². The predicted molar refractivity (Wildman–Crippen MR) is 92.6 cm³/mol. The van der Waals surface area contributed by atoms with Crippen molar-refractivity contribution >= 4 is 23.6 Å². The lowest BCUT2D eigenvalue weighted by molar-refractivity contribution is -0.138. The molecule has 1 N–H and O–H groups in total. The number of nitrogens with zero attached hydrogens (tertiary/aromatic N) is 2. The van der Waals surface area contributed by atoms with Crippen molar-refractivity contribution in [3.05, 3.63) is 23.9 Å². The van der Waals surface area contributed by atoms with Crippen molar-refractivity contribution in [3.63, 3.8) is 0 Å². The van der Waals surface area contributed by atoms with Crippen LogP contribution in [0.4, 0.5) is 0 Å². The monoisotopic (exact) mass is 349 g/mol. The number of carbonyl (C=O) groups is 2. The van der Waals surface area contributed by atoms with Crippen LogP contribution in [0.1, 0.15) is 39.2 Å². The molecule has 0 radical (unpaired) electrons. The van der Waals surface area contributed by atoms with E-state index in [1.54, 1.807) is 22.9 Å². The third kappa shape index (κ3) is 3.22. The average Bonchev–Trinajstić information content (AvgIpc) is 3.02. The van der Waals surface area contributed by atoms with Gasteiger partial charge in [-0.15, -0.1) is 11.8 Å². The average molecular weight is 349 g/mol. The normalized spacial score (nSPS) is 25.9. The molecule has 3 heterocycles. The number of carbonyl (C=O) groups excluding carboxylic acids is 2. The molecule has 0 aromatic carbocycles. The molecule has 130 valence electrons. The molecular weight excluding hydrogens is 326 g/mol. The molecule has 1 aromatic rings. The van der Waals surface area contributed by atoms with Crippen LogP contribution in [-0.4, -0.2) is 44.5 Å². The minimum absolute atomic E-state index is 0.0171. The van der Waals surface area contributed by atoms with Gasteiger partial charge in [0, 0.05) is 30.5 Å². The van der Waals surface area contributed by atoms with E-state index in [9.17, 15) is 9.59 Å². The van der Waals surface area contributed by atoms with Gasteiger partial charge in [-0.05, 0) is 33.3 Å². The lowest BCUT2D eigenvalue weighted by atomic mass is 10.2. The number of hydrogen-bond donors (Lipinski definition) is 1. The summed E-state index contributed by atoms with van der Waals surface area (Å²) < 4.78 is 5.67. The van der Waals surface area contributed by atoms with Crippen LogP contribution >= 0.6 is 11.8 Å². The van der Waals surface area contributed by atoms with Crippen molar-refractivity contribution in [2.24, 2.45) is 0 Å². The molecule has 0 saturated carbocycles. The molecule has 1 aromatic heterocycles. The minimum Gasteiger partial charge on any atom is -0.475 e. The Morgan fingerprint density at radius 1 is 1.58 bits per heavy atom. The summed E-state index contributed by atoms with van der Waals surface area (Å²) in [5.74, 6) is 1.15. The van der Waals surface area contributed by atoms with Gasteiger partial charge in [0.1, 0.15) is 6.04 Å². The Labute approximate surface area is 146 Å². The Bertz CT molecular complexity index is 652. The molecule has 7 heteroatoms. The molecule has 6 nitrogen and oxygen atoms in total. The van der Waals surface area contributed by atoms with Gasteiger partial charge in [0.2, 0.25) is 17.7 Å². The van der Waals surface area contributed by atoms with E-state index in [4.69, 9.17) is 4.74 Å². The summed E-state index contributed by atoms with van der Waals surface area (Å²) in [6.07, 6.45) is 3.03. The van der Waals surface area contributed by atoms with Gasteiger partial charge in [-0.25, -0.2) is 4.98 Å². The van der Waals surface area contributed by atoms with Crippen LogP contribution < -0.4 is 10.1 Å². The summed E-state index contributed by atoms with van der Waals surface area (Å²) in [7, 11) is 0. The standard InChI is InChI=1S/C17H23N3O3S/c1-11(2)23-16-12(5-4-8-18-16)9-19-15(22)13-10-24-17(3)7-6-14(21)20(13)17/h4-5,8,11,13H,6-7,9-10H2,1-3H3,(H,19,22)/t13-,17-/m1/s1. The van der Waals surface area contributed by atoms with Crippen molar-refractivity contribution in [1.82, 2.24) is 15.2 Å². The number of thioether (sulfide) groups is 1. The minimum atomic E-state index is -0.388. The Morgan fingerprint density at radius 3 is 3.12 bits per heavy atom. The van der Waals surface area contributed by atoms with Gasteiger partial charge in [-0.3, -0.25) is 9.59 Å². The zero-order chi connectivity index (χ0) is 17.3. The van der Waals surface area contributed by atoms with Crippen LogP contribution in [0.3, 0.4) is 0 Å². The van der Waals surface area contributed by atoms with E-state index in [0.29, 0.717) is 24.6 Å². The van der Waals surface area contributed by atoms with Crippen LogP contribution in [0.15, 0.2) is 18.3 Å². The highest BCUT2D eigenvalue weighted by atomic mass is 32.2. The summed E-state index contributed by atoms with van der Waals surface area (Å²) in [5, 5.41) is 2.94. The number of amides is 2. The van der Waals surface area contributed by atoms with Gasteiger partial charge in [-0.2, -0.15) is 0 Å². The number of rotatable bonds is 5. The van der Waals surface area contributed by atoms with Crippen LogP contribution in [-0.2, 0) is 16.1 Å². The Kier molecular flexibility index (Phi) is 4.71. The molecule has 2 aliphatic heterocycles. The molecular formula is C17H23N3O3S. The van der Waals surface area contributed by atoms with Crippen molar-refractivity contribution in [3.8, 4) is 5.88 Å². The maximum atomic E-state index is 12.6. The zero-order valence-electron chi connectivity index (χ0n) is 14.2. The second-order valence-corrected chi connectivity index (χ2v) is 8.12. The molecule has 2 amide bonds. The van der Waals surface area contributed by atoms with Crippen LogP contribution in [0.25, 0.3) is 0 Å². The maximum absolute atomic E-state index is 12.6. The third-order valence-corrected chi connectivity index (χ3v) is 5.90. The Morgan fingerprint density at radius 2 is 2.38 bits per heavy atom. The fourth-order valence-electron chi connectivity index (χ4n) is 3.20. The molecule has 2 aliphatic rings. The van der Waals surface area contributed by atoms with Gasteiger partial charge < -0.3 is 15.0 Å². The second-order valence-electron chi connectivity index (χ2n) is 6.62. The first kappa shape index (κ1) is 17.1. The Balaban J connectivity index is 1.66. The summed E-state index contributed by atoms with van der Waals surface area (Å²) in [6.45, 7) is 6.26. The second kappa shape index (κ2) is 6.63. The van der Waals surface area contributed by atoms with Crippen molar-refractivity contribution in [1.29, 1.82) is 0 Å². The van der Waals surface area contributed by atoms with E-state index >= 15 is 0 Å². The van der Waals surface area contributed by atoms with E-state index in [1.807, 2.05) is 32.9 Å². The highest BCUT2D eigenvalue weighted by Gasteiger charge is 2.52. The molecule has 2 atom stereocenters. The number of aromatic nitrogens is 1. The van der Waals surface area contributed by atoms with Crippen molar-refractivity contribution < 1.29 is 14.3 Å². The van der Waals surface area contributed by atoms with Crippen LogP contribution in [0.2, 0.25) is 0 Å². The van der Waals surface area contributed by atoms with E-state index in [2.05, 4.69) is 10.3 Å². The largest absolute Gasteiger partial charge is 0.475 e. The summed E-state index contributed by atoms with van der Waals surface area (Å²) in [5.41, 5.74) is 0.834. The van der Waals surface area contributed by atoms with Gasteiger partial charge in [-0.1, -0.05) is 6.07 Å². The molecule has 0 unspecified atom stereocenters. The smallest absolute Gasteiger partial charge is 0.243 e. The first-order chi connectivity index (χ1) is 11.4. The molecule has 3 rings (SSSR count). The van der Waals surface area contributed by atoms with Crippen LogP contribution in [0, 0.1) is 0 Å². The highest BCUT2D eigenvalue weighted by molar-refractivity contribution is 8.01. The molecule has 2 saturated heterocycles. The van der Waals surface area contributed by atoms with E-state index < -0.39 is 0 Å². The van der Waals surface area contributed by atoms with Gasteiger partial charge in [0.05, 0.1) is 11.0 Å². The lowest BCUT2D eigenvalue weighted by Crippen LogP contribution is -2.49. The quantitative estimate of drug-likeness (QED) is 0.880. The zero-order valence-corrected chi connectivity index (χ0v) is 15.1. The first-order valence-corrected chi connectivity index (χ1v) is 9.23. The molecule has 24 heavy (non-hydrogen) atoms. The number of nitrogens with one attached hydrogen (secondary N) is 1. The number of hydrogen-bond acceptors (Lipinski definition) is 5. The summed E-state index contributed by atoms with van der Waals surface area (Å²) >= 11 is 1.70. The predicted octanol–water partition coefficient (Wildman–Crippen LogP) is 1.94. The van der Waals surface area contributed by atoms with Crippen LogP contribution in [0.5, 0.6) is 5.88 Å². The highest BCUT2D eigenvalue weighted by Crippen LogP contribution is 2.47. The van der Waals surface area contributed by atoms with Gasteiger partial charge in [0.25, 0.3) is 0 Å². The number of pyridine rings is 1. The topological polar surface area (TPSA) is 71.5 Å². The fraction of sp³-hybridized carbons (Fsp3) is 0.588. The van der Waals surface area contributed by atoms with Gasteiger partial charge in [0.15, 0.2) is 0 Å². The number of ether oxygens (including phenoxy) is 1. The van der Waals surface area contributed by atoms with E-state index in [0.717, 1.165) is 12.0 Å². The molecule has 2 fully saturated rings.